The Kier molecular flexibility index (Phi) is 4.09. The van der Waals surface area contributed by atoms with Gasteiger partial charge in [0, 0.05) is 5.69 Å². The summed E-state index contributed by atoms with van der Waals surface area (Å²) in [6.07, 6.45) is 0. The summed E-state index contributed by atoms with van der Waals surface area (Å²) in [6.45, 7) is 3.61. The third kappa shape index (κ3) is 3.48. The summed E-state index contributed by atoms with van der Waals surface area (Å²) >= 11 is 0. The molecule has 0 aromatic heterocycles. The van der Waals surface area contributed by atoms with E-state index in [0.717, 1.165) is 0 Å². The van der Waals surface area contributed by atoms with Gasteiger partial charge in [0.05, 0.1) is 5.56 Å². The van der Waals surface area contributed by atoms with Gasteiger partial charge in [0.15, 0.2) is 0 Å². The number of hydrogen-bond acceptors (Lipinski definition) is 3. The van der Waals surface area contributed by atoms with Crippen molar-refractivity contribution in [1.82, 2.24) is 0 Å². The quantitative estimate of drug-likeness (QED) is 0.728. The molecule has 0 aliphatic heterocycles. The van der Waals surface area contributed by atoms with Gasteiger partial charge in [-0.2, -0.15) is 0 Å². The zero-order valence-corrected chi connectivity index (χ0v) is 9.68. The van der Waals surface area contributed by atoms with Crippen molar-refractivity contribution >= 4 is 17.6 Å². The maximum absolute atomic E-state index is 11.0. The lowest BCUT2D eigenvalue weighted by molar-refractivity contribution is -0.138. The fraction of sp³-hybridized carbons (Fsp3) is 0.333. The van der Waals surface area contributed by atoms with Crippen LogP contribution in [0.2, 0.25) is 0 Å². The Balaban J connectivity index is 2.80. The third-order valence-electron chi connectivity index (χ3n) is 2.39. The number of anilines is 1. The number of benzene rings is 1. The van der Waals surface area contributed by atoms with Crippen molar-refractivity contribution in [1.29, 1.82) is 0 Å². The van der Waals surface area contributed by atoms with Crippen LogP contribution in [0.4, 0.5) is 5.69 Å². The Morgan fingerprint density at radius 1 is 1.12 bits per heavy atom. The minimum atomic E-state index is -1.00. The van der Waals surface area contributed by atoms with Crippen LogP contribution >= 0.6 is 0 Å². The van der Waals surface area contributed by atoms with Crippen molar-refractivity contribution in [2.75, 3.05) is 5.32 Å². The molecular weight excluding hydrogens is 222 g/mol. The van der Waals surface area contributed by atoms with Gasteiger partial charge >= 0.3 is 11.9 Å². The summed E-state index contributed by atoms with van der Waals surface area (Å²) in [7, 11) is 0. The summed E-state index contributed by atoms with van der Waals surface area (Å²) in [5.41, 5.74) is 0.767. The second kappa shape index (κ2) is 5.34. The van der Waals surface area contributed by atoms with Gasteiger partial charge in [-0.05, 0) is 30.2 Å². The molecule has 5 heteroatoms. The molecule has 92 valence electrons. The summed E-state index contributed by atoms with van der Waals surface area (Å²) in [4.78, 5) is 21.6. The highest BCUT2D eigenvalue weighted by Crippen LogP contribution is 2.14. The molecule has 0 aliphatic carbocycles. The second-order valence-corrected chi connectivity index (χ2v) is 4.09. The molecule has 17 heavy (non-hydrogen) atoms. The molecule has 0 heterocycles. The molecule has 1 unspecified atom stereocenters. The Hall–Kier alpha value is -2.04. The maximum Gasteiger partial charge on any atom is 0.335 e. The number of aliphatic carboxylic acids is 1. The Bertz CT molecular complexity index is 411. The van der Waals surface area contributed by atoms with E-state index in [9.17, 15) is 9.59 Å². The molecule has 0 aliphatic rings. The van der Waals surface area contributed by atoms with Gasteiger partial charge in [-0.15, -0.1) is 0 Å². The maximum atomic E-state index is 11.0. The van der Waals surface area contributed by atoms with E-state index in [1.807, 2.05) is 0 Å². The molecule has 5 nitrogen and oxygen atoms in total. The molecule has 1 rings (SSSR count). The highest BCUT2D eigenvalue weighted by molar-refractivity contribution is 5.88. The predicted molar refractivity (Wildman–Crippen MR) is 63.3 cm³/mol. The number of carbonyl (C=O) groups is 2. The number of carboxylic acids is 2. The van der Waals surface area contributed by atoms with Gasteiger partial charge < -0.3 is 15.5 Å². The molecule has 1 aromatic carbocycles. The fourth-order valence-electron chi connectivity index (χ4n) is 1.40. The largest absolute Gasteiger partial charge is 0.480 e. The van der Waals surface area contributed by atoms with Crippen molar-refractivity contribution < 1.29 is 19.8 Å². The van der Waals surface area contributed by atoms with Crippen LogP contribution < -0.4 is 5.32 Å². The molecule has 0 saturated heterocycles. The van der Waals surface area contributed by atoms with Crippen molar-refractivity contribution in [3.63, 3.8) is 0 Å². The molecule has 1 aromatic rings. The van der Waals surface area contributed by atoms with Crippen LogP contribution in [0.25, 0.3) is 0 Å². The van der Waals surface area contributed by atoms with Crippen LogP contribution in [-0.4, -0.2) is 28.2 Å². The first-order chi connectivity index (χ1) is 7.91. The van der Waals surface area contributed by atoms with E-state index in [1.165, 1.54) is 12.1 Å². The number of hydrogen-bond donors (Lipinski definition) is 3. The lowest BCUT2D eigenvalue weighted by atomic mass is 10.0. The standard InChI is InChI=1S/C12H15NO4/c1-7(2)10(12(16)17)13-9-5-3-8(4-6-9)11(14)15/h3-7,10,13H,1-2H3,(H,14,15)(H,16,17). The number of aromatic carboxylic acids is 1. The molecule has 0 bridgehead atoms. The molecule has 1 atom stereocenters. The molecule has 0 saturated carbocycles. The van der Waals surface area contributed by atoms with Crippen LogP contribution in [-0.2, 0) is 4.79 Å². The average Bonchev–Trinajstić information content (AvgIpc) is 2.25. The molecule has 0 fully saturated rings. The van der Waals surface area contributed by atoms with Crippen LogP contribution in [0, 0.1) is 5.92 Å². The molecule has 0 amide bonds. The van der Waals surface area contributed by atoms with E-state index >= 15 is 0 Å². The molecule has 0 radical (unpaired) electrons. The summed E-state index contributed by atoms with van der Waals surface area (Å²) in [5.74, 6) is -2.00. The van der Waals surface area contributed by atoms with Crippen LogP contribution in [0.1, 0.15) is 24.2 Å². The highest BCUT2D eigenvalue weighted by atomic mass is 16.4. The van der Waals surface area contributed by atoms with Gasteiger partial charge in [0.2, 0.25) is 0 Å². The van der Waals surface area contributed by atoms with Crippen LogP contribution in [0.3, 0.4) is 0 Å². The molecule has 3 N–H and O–H groups in total. The van der Waals surface area contributed by atoms with E-state index < -0.39 is 18.0 Å². The van der Waals surface area contributed by atoms with Gasteiger partial charge in [0.1, 0.15) is 6.04 Å². The summed E-state index contributed by atoms with van der Waals surface area (Å²) < 4.78 is 0. The van der Waals surface area contributed by atoms with Crippen molar-refractivity contribution in [3.05, 3.63) is 29.8 Å². The number of nitrogens with one attached hydrogen (secondary N) is 1. The van der Waals surface area contributed by atoms with E-state index in [0.29, 0.717) is 5.69 Å². The first kappa shape index (κ1) is 13.0. The SMILES string of the molecule is CC(C)C(Nc1ccc(C(=O)O)cc1)C(=O)O. The monoisotopic (exact) mass is 237 g/mol. The number of rotatable bonds is 5. The minimum absolute atomic E-state index is 0.0633. The first-order valence-corrected chi connectivity index (χ1v) is 5.24. The first-order valence-electron chi connectivity index (χ1n) is 5.24. The summed E-state index contributed by atoms with van der Waals surface area (Å²) in [5, 5.41) is 20.6. The van der Waals surface area contributed by atoms with Crippen molar-refractivity contribution in [2.45, 2.75) is 19.9 Å². The summed E-state index contributed by atoms with van der Waals surface area (Å²) in [6, 6.07) is 5.29. The van der Waals surface area contributed by atoms with Crippen molar-refractivity contribution in [3.8, 4) is 0 Å². The molecule has 0 spiro atoms. The normalized spacial score (nSPS) is 12.2. The molecular formula is C12H15NO4. The lowest BCUT2D eigenvalue weighted by Crippen LogP contribution is -2.34. The second-order valence-electron chi connectivity index (χ2n) is 4.09. The zero-order valence-electron chi connectivity index (χ0n) is 9.68. The Morgan fingerprint density at radius 2 is 1.65 bits per heavy atom. The highest BCUT2D eigenvalue weighted by Gasteiger charge is 2.20. The van der Waals surface area contributed by atoms with Crippen LogP contribution in [0.15, 0.2) is 24.3 Å². The fourth-order valence-corrected chi connectivity index (χ4v) is 1.40. The Labute approximate surface area is 99.1 Å². The van der Waals surface area contributed by atoms with E-state index in [-0.39, 0.29) is 11.5 Å². The van der Waals surface area contributed by atoms with Crippen molar-refractivity contribution in [2.24, 2.45) is 5.92 Å². The van der Waals surface area contributed by atoms with Gasteiger partial charge in [-0.25, -0.2) is 9.59 Å². The van der Waals surface area contributed by atoms with E-state index in [2.05, 4.69) is 5.32 Å². The topological polar surface area (TPSA) is 86.6 Å². The lowest BCUT2D eigenvalue weighted by Gasteiger charge is -2.19. The number of carboxylic acid groups (broad SMARTS) is 2. The van der Waals surface area contributed by atoms with Gasteiger partial charge in [-0.1, -0.05) is 13.8 Å². The minimum Gasteiger partial charge on any atom is -0.480 e. The Morgan fingerprint density at radius 3 is 2.00 bits per heavy atom. The van der Waals surface area contributed by atoms with E-state index in [4.69, 9.17) is 10.2 Å². The third-order valence-corrected chi connectivity index (χ3v) is 2.39. The smallest absolute Gasteiger partial charge is 0.335 e. The average molecular weight is 237 g/mol. The van der Waals surface area contributed by atoms with Gasteiger partial charge in [-0.3, -0.25) is 0 Å². The van der Waals surface area contributed by atoms with E-state index in [1.54, 1.807) is 26.0 Å². The van der Waals surface area contributed by atoms with Gasteiger partial charge in [0.25, 0.3) is 0 Å². The van der Waals surface area contributed by atoms with Crippen LogP contribution in [0.5, 0.6) is 0 Å². The predicted octanol–water partition coefficient (Wildman–Crippen LogP) is 1.91. The zero-order chi connectivity index (χ0) is 13.0.